The van der Waals surface area contributed by atoms with E-state index in [0.717, 1.165) is 115 Å². The molecule has 0 unspecified atom stereocenters. The summed E-state index contributed by atoms with van der Waals surface area (Å²) in [6.07, 6.45) is 12.8. The molecule has 22 nitrogen and oxygen atoms in total. The molecule has 0 aliphatic carbocycles. The number of aryl methyl sites for hydroxylation is 2. The number of aromatic nitrogens is 8. The van der Waals surface area contributed by atoms with E-state index in [1.165, 1.54) is 11.1 Å². The van der Waals surface area contributed by atoms with E-state index in [9.17, 15) is 0 Å². The summed E-state index contributed by atoms with van der Waals surface area (Å²) < 4.78 is 22.2. The summed E-state index contributed by atoms with van der Waals surface area (Å²) in [7, 11) is 0. The lowest BCUT2D eigenvalue weighted by Gasteiger charge is -2.29. The van der Waals surface area contributed by atoms with Gasteiger partial charge in [0.05, 0.1) is 64.5 Å². The lowest BCUT2D eigenvalue weighted by molar-refractivity contribution is 0.122. The average molecular weight is 1170 g/mol. The molecule has 3 fully saturated rings. The first-order valence-corrected chi connectivity index (χ1v) is 29.4. The molecule has 0 bridgehead atoms. The SMILES string of the molecule is CCCCNc1nc(N/N=C/c2c[nH]c3ccccc23)cc(N2CCOCC2)n1.Cc1cccc(/C=N/Nc2cc(N3CCOCC3)nc(Oc3cccnc3)n2)c1.Cc1cccc(/C=N/Nc2nc(-c3ccccc3)nc(N3CCOCC3)c2C)c1. The first-order valence-electron chi connectivity index (χ1n) is 29.4. The molecule has 448 valence electrons. The molecule has 3 aliphatic rings. The lowest BCUT2D eigenvalue weighted by atomic mass is 10.2. The van der Waals surface area contributed by atoms with E-state index in [2.05, 4.69) is 120 Å². The van der Waals surface area contributed by atoms with E-state index in [4.69, 9.17) is 28.9 Å². The van der Waals surface area contributed by atoms with Gasteiger partial charge >= 0.3 is 6.01 Å². The standard InChI is InChI=1S/C23H25N5O.C21H27N7O.C21H22N6O2/c1-17-7-6-8-19(15-17)16-24-27-21-18(2)23(28-11-13-29-14-12-28)26-22(25-21)20-9-4-3-5-10-20;1-2-3-8-22-21-25-19(13-20(26-21)28-9-11-29-12-10-28)27-24-15-16-14-23-18-7-5-4-6-17(16)18;1-16-4-2-5-17(12-16)14-23-26-19-13-20(27-8-10-28-11-9-27)25-21(24-19)29-18-6-3-7-22-15-18/h3-10,15-16H,11-14H2,1-2H3,(H,25,26,27);4-7,13-15,23H,2-3,8-12H2,1H3,(H2,22,25,26,27);2-7,12-15H,8-11H2,1H3,(H,24,25,26)/b24-16+;24-15+;23-14+. The highest BCUT2D eigenvalue weighted by Crippen LogP contribution is 2.29. The van der Waals surface area contributed by atoms with Crippen LogP contribution < -0.4 is 41.0 Å². The maximum atomic E-state index is 5.80. The Bertz CT molecular complexity index is 3700. The Hall–Kier alpha value is -9.90. The predicted molar refractivity (Wildman–Crippen MR) is 347 cm³/mol. The van der Waals surface area contributed by atoms with Gasteiger partial charge in [-0.25, -0.2) is 9.97 Å². The van der Waals surface area contributed by atoms with Gasteiger partial charge in [-0.2, -0.15) is 35.2 Å². The second-order valence-electron chi connectivity index (χ2n) is 20.6. The quantitative estimate of drug-likeness (QED) is 0.0287. The zero-order valence-electron chi connectivity index (χ0n) is 49.6. The number of rotatable bonds is 19. The number of hydrogen-bond acceptors (Lipinski definition) is 21. The van der Waals surface area contributed by atoms with Crippen LogP contribution in [0.4, 0.5) is 40.9 Å². The number of hydrogen-bond donors (Lipinski definition) is 5. The Morgan fingerprint density at radius 3 is 1.84 bits per heavy atom. The number of morpholine rings is 3. The fourth-order valence-corrected chi connectivity index (χ4v) is 9.51. The first kappa shape index (κ1) is 60.2. The molecule has 3 saturated heterocycles. The molecular formula is C65H74N18O4. The minimum Gasteiger partial charge on any atom is -0.423 e. The molecule has 0 amide bonds. The number of pyridine rings is 1. The first-order chi connectivity index (χ1) is 42.8. The molecule has 0 radical (unpaired) electrons. The second-order valence-corrected chi connectivity index (χ2v) is 20.6. The summed E-state index contributed by atoms with van der Waals surface area (Å²) in [6, 6.07) is 42.1. The summed E-state index contributed by atoms with van der Waals surface area (Å²) in [6.45, 7) is 18.1. The number of ether oxygens (including phenoxy) is 4. The third-order valence-corrected chi connectivity index (χ3v) is 14.1. The van der Waals surface area contributed by atoms with Crippen LogP contribution in [0.5, 0.6) is 11.8 Å². The predicted octanol–water partition coefficient (Wildman–Crippen LogP) is 10.8. The van der Waals surface area contributed by atoms with Crippen molar-refractivity contribution in [2.45, 2.75) is 40.5 Å². The second kappa shape index (κ2) is 31.3. The van der Waals surface area contributed by atoms with Crippen molar-refractivity contribution in [2.75, 3.05) is 122 Å². The molecular weight excluding hydrogens is 1100 g/mol. The van der Waals surface area contributed by atoms with Gasteiger partial charge in [-0.15, -0.1) is 0 Å². The number of para-hydroxylation sites is 1. The van der Waals surface area contributed by atoms with Gasteiger partial charge in [-0.05, 0) is 56.5 Å². The highest BCUT2D eigenvalue weighted by Gasteiger charge is 2.21. The number of nitrogens with one attached hydrogen (secondary N) is 5. The Balaban J connectivity index is 0.000000144. The van der Waals surface area contributed by atoms with E-state index in [0.29, 0.717) is 74.6 Å². The molecule has 22 heteroatoms. The molecule has 0 atom stereocenters. The minimum atomic E-state index is 0.232. The Morgan fingerprint density at radius 1 is 0.586 bits per heavy atom. The summed E-state index contributed by atoms with van der Waals surface area (Å²) >= 11 is 0. The van der Waals surface area contributed by atoms with Crippen LogP contribution in [0, 0.1) is 20.8 Å². The molecule has 8 heterocycles. The molecule has 87 heavy (non-hydrogen) atoms. The molecule has 0 spiro atoms. The van der Waals surface area contributed by atoms with Gasteiger partial charge in [0.2, 0.25) is 5.95 Å². The Labute approximate surface area is 507 Å². The summed E-state index contributed by atoms with van der Waals surface area (Å²) in [5.41, 5.74) is 17.7. The van der Waals surface area contributed by atoms with Crippen molar-refractivity contribution in [3.63, 3.8) is 0 Å². The number of aromatic amines is 1. The highest BCUT2D eigenvalue weighted by atomic mass is 16.5. The highest BCUT2D eigenvalue weighted by molar-refractivity contribution is 5.99. The van der Waals surface area contributed by atoms with E-state index in [1.807, 2.05) is 117 Å². The molecule has 9 aromatic rings. The van der Waals surface area contributed by atoms with Crippen LogP contribution in [0.1, 0.15) is 53.1 Å². The molecule has 5 aromatic heterocycles. The van der Waals surface area contributed by atoms with Crippen molar-refractivity contribution in [3.05, 3.63) is 179 Å². The van der Waals surface area contributed by atoms with Gasteiger partial charge in [0.25, 0.3) is 0 Å². The lowest BCUT2D eigenvalue weighted by Crippen LogP contribution is -2.37. The zero-order valence-corrected chi connectivity index (χ0v) is 49.6. The van der Waals surface area contributed by atoms with E-state index in [-0.39, 0.29) is 6.01 Å². The van der Waals surface area contributed by atoms with Gasteiger partial charge in [-0.3, -0.25) is 21.3 Å². The van der Waals surface area contributed by atoms with Crippen LogP contribution >= 0.6 is 0 Å². The molecule has 5 N–H and O–H groups in total. The van der Waals surface area contributed by atoms with Crippen LogP contribution in [0.25, 0.3) is 22.3 Å². The maximum Gasteiger partial charge on any atom is 0.326 e. The molecule has 0 saturated carbocycles. The zero-order chi connectivity index (χ0) is 59.8. The normalized spacial score (nSPS) is 14.4. The molecule has 4 aromatic carbocycles. The Kier molecular flexibility index (Phi) is 21.7. The summed E-state index contributed by atoms with van der Waals surface area (Å²) in [5.74, 6) is 6.36. The van der Waals surface area contributed by atoms with Crippen molar-refractivity contribution in [1.29, 1.82) is 0 Å². The molecule has 12 rings (SSSR count). The summed E-state index contributed by atoms with van der Waals surface area (Å²) in [4.78, 5) is 41.8. The van der Waals surface area contributed by atoms with Gasteiger partial charge in [-0.1, -0.05) is 122 Å². The topological polar surface area (TPSA) is 238 Å². The van der Waals surface area contributed by atoms with E-state index in [1.54, 1.807) is 37.0 Å². The number of hydrazone groups is 3. The van der Waals surface area contributed by atoms with Gasteiger partial charge in [0, 0.05) is 97.9 Å². The number of benzene rings is 4. The van der Waals surface area contributed by atoms with Crippen molar-refractivity contribution in [1.82, 2.24) is 39.9 Å². The van der Waals surface area contributed by atoms with Crippen LogP contribution in [0.3, 0.4) is 0 Å². The number of fused-ring (bicyclic) bond motifs is 1. The maximum absolute atomic E-state index is 5.80. The molecule has 3 aliphatic heterocycles. The van der Waals surface area contributed by atoms with Crippen molar-refractivity contribution >= 4 is 70.4 Å². The van der Waals surface area contributed by atoms with Crippen molar-refractivity contribution in [2.24, 2.45) is 15.3 Å². The van der Waals surface area contributed by atoms with E-state index < -0.39 is 0 Å². The Morgan fingerprint density at radius 2 is 1.20 bits per heavy atom. The number of H-pyrrole nitrogens is 1. The van der Waals surface area contributed by atoms with Crippen molar-refractivity contribution < 1.29 is 18.9 Å². The number of anilines is 7. The fraction of sp³-hybridized carbons (Fsp3) is 0.292. The number of nitrogens with zero attached hydrogens (tertiary/aromatic N) is 13. The van der Waals surface area contributed by atoms with Gasteiger partial charge in [0.1, 0.15) is 23.2 Å². The minimum absolute atomic E-state index is 0.232. The van der Waals surface area contributed by atoms with E-state index >= 15 is 0 Å². The van der Waals surface area contributed by atoms with Crippen molar-refractivity contribution in [3.8, 4) is 23.1 Å². The third-order valence-electron chi connectivity index (χ3n) is 14.1. The van der Waals surface area contributed by atoms with Crippen LogP contribution in [0.15, 0.2) is 161 Å². The van der Waals surface area contributed by atoms with Crippen LogP contribution in [-0.2, 0) is 14.2 Å². The third kappa shape index (κ3) is 17.8. The van der Waals surface area contributed by atoms with Crippen LogP contribution in [-0.4, -0.2) is 144 Å². The smallest absolute Gasteiger partial charge is 0.326 e. The monoisotopic (exact) mass is 1170 g/mol. The summed E-state index contributed by atoms with van der Waals surface area (Å²) in [5, 5.41) is 17.6. The average Bonchev–Trinajstić information content (AvgIpc) is 3.22. The van der Waals surface area contributed by atoms with Gasteiger partial charge < -0.3 is 43.9 Å². The van der Waals surface area contributed by atoms with Crippen LogP contribution in [0.2, 0.25) is 0 Å². The fourth-order valence-electron chi connectivity index (χ4n) is 9.51. The largest absolute Gasteiger partial charge is 0.423 e. The van der Waals surface area contributed by atoms with Gasteiger partial charge in [0.15, 0.2) is 23.3 Å². The number of unbranched alkanes of at least 4 members (excludes halogenated alkanes) is 1.